The van der Waals surface area contributed by atoms with E-state index in [0.717, 1.165) is 18.2 Å². The van der Waals surface area contributed by atoms with E-state index in [4.69, 9.17) is 5.39 Å². The monoisotopic (exact) mass is 294 g/mol. The molecule has 20 heavy (non-hydrogen) atoms. The van der Waals surface area contributed by atoms with Crippen molar-refractivity contribution >= 4 is 32.3 Å². The predicted molar refractivity (Wildman–Crippen MR) is 62.8 cm³/mol. The number of hydrogen-bond acceptors (Lipinski definition) is 7. The predicted octanol–water partition coefficient (Wildman–Crippen LogP) is 1.21. The Morgan fingerprint density at radius 1 is 1.20 bits per heavy atom. The van der Waals surface area contributed by atoms with Gasteiger partial charge in [-0.25, -0.2) is 8.42 Å². The second-order valence-corrected chi connectivity index (χ2v) is 5.11. The van der Waals surface area contributed by atoms with Crippen LogP contribution in [0.15, 0.2) is 29.2 Å². The van der Waals surface area contributed by atoms with Gasteiger partial charge in [0.15, 0.2) is 4.98 Å². The molecule has 0 fully saturated rings. The molecule has 0 radical (unpaired) electrons. The molecular formula is C10H4N3O6S-. The van der Waals surface area contributed by atoms with Crippen LogP contribution in [0.4, 0.5) is 11.4 Å². The maximum Gasteiger partial charge on any atom is 0.385 e. The highest BCUT2D eigenvalue weighted by Crippen LogP contribution is 2.39. The topological polar surface area (TPSA) is 152 Å². The molecule has 0 atom stereocenters. The van der Waals surface area contributed by atoms with Crippen molar-refractivity contribution in [1.82, 2.24) is 0 Å². The lowest BCUT2D eigenvalue weighted by Gasteiger charge is -2.13. The van der Waals surface area contributed by atoms with Gasteiger partial charge in [0.25, 0.3) is 5.69 Å². The second kappa shape index (κ2) is 4.41. The van der Waals surface area contributed by atoms with Crippen LogP contribution in [0.25, 0.3) is 15.7 Å². The van der Waals surface area contributed by atoms with Crippen molar-refractivity contribution in [3.63, 3.8) is 0 Å². The van der Waals surface area contributed by atoms with Gasteiger partial charge in [0.2, 0.25) is 5.39 Å². The molecule has 0 unspecified atom stereocenters. The lowest BCUT2D eigenvalue weighted by molar-refractivity contribution is -0.384. The third-order valence-corrected chi connectivity index (χ3v) is 3.48. The summed E-state index contributed by atoms with van der Waals surface area (Å²) in [6.07, 6.45) is 0. The van der Waals surface area contributed by atoms with Gasteiger partial charge in [-0.2, -0.15) is 0 Å². The van der Waals surface area contributed by atoms with Gasteiger partial charge in [-0.15, -0.1) is 0 Å². The second-order valence-electron chi connectivity index (χ2n) is 3.76. The summed E-state index contributed by atoms with van der Waals surface area (Å²) in [5.41, 5.74) is -0.966. The van der Waals surface area contributed by atoms with E-state index in [1.807, 2.05) is 0 Å². The largest absolute Gasteiger partial charge is 0.867 e. The van der Waals surface area contributed by atoms with Gasteiger partial charge in [-0.3, -0.25) is 10.1 Å². The Morgan fingerprint density at radius 3 is 2.35 bits per heavy atom. The molecule has 0 aromatic heterocycles. The molecule has 0 spiro atoms. The zero-order chi connectivity index (χ0) is 15.1. The summed E-state index contributed by atoms with van der Waals surface area (Å²) in [4.78, 5) is 11.7. The molecule has 0 aliphatic heterocycles. The fourth-order valence-electron chi connectivity index (χ4n) is 1.76. The van der Waals surface area contributed by atoms with E-state index in [2.05, 4.69) is 4.98 Å². The fraction of sp³-hybridized carbons (Fsp3) is 0. The van der Waals surface area contributed by atoms with Crippen molar-refractivity contribution in [3.05, 3.63) is 39.4 Å². The van der Waals surface area contributed by atoms with Gasteiger partial charge < -0.3 is 9.66 Å². The summed E-state index contributed by atoms with van der Waals surface area (Å²) >= 11 is 0. The van der Waals surface area contributed by atoms with Crippen LogP contribution in [0, 0.1) is 15.5 Å². The van der Waals surface area contributed by atoms with Crippen LogP contribution in [0.1, 0.15) is 0 Å². The van der Waals surface area contributed by atoms with E-state index in [1.54, 1.807) is 0 Å². The number of rotatable bonds is 2. The Labute approximate surface area is 111 Å². The maximum absolute atomic E-state index is 11.6. The molecule has 0 amide bonds. The molecule has 0 aliphatic carbocycles. The van der Waals surface area contributed by atoms with Crippen LogP contribution in [-0.4, -0.2) is 17.9 Å². The fourth-order valence-corrected chi connectivity index (χ4v) is 2.45. The first-order valence-corrected chi connectivity index (χ1v) is 6.39. The van der Waals surface area contributed by atoms with Crippen LogP contribution in [0.5, 0.6) is 5.75 Å². The van der Waals surface area contributed by atoms with Crippen molar-refractivity contribution in [3.8, 4) is 5.75 Å². The number of non-ortho nitro benzene ring substituents is 1. The molecule has 102 valence electrons. The first kappa shape index (κ1) is 13.7. The molecule has 0 N–H and O–H groups in total. The molecule has 0 saturated heterocycles. The van der Waals surface area contributed by atoms with Gasteiger partial charge in [0.05, 0.1) is 15.2 Å². The van der Waals surface area contributed by atoms with E-state index in [9.17, 15) is 28.2 Å². The van der Waals surface area contributed by atoms with E-state index in [-0.39, 0.29) is 10.8 Å². The third kappa shape index (κ3) is 2.11. The van der Waals surface area contributed by atoms with E-state index in [1.165, 1.54) is 0 Å². The van der Waals surface area contributed by atoms with Gasteiger partial charge in [-0.1, -0.05) is 0 Å². The number of benzene rings is 2. The first-order valence-electron chi connectivity index (χ1n) is 4.99. The molecule has 9 nitrogen and oxygen atoms in total. The SMILES string of the molecule is N#[N+]c1c([O-])cc(S(=O)(=O)[O-])c2cc([N+](=O)[O-])ccc12. The molecule has 0 heterocycles. The Balaban J connectivity index is 3.04. The zero-order valence-corrected chi connectivity index (χ0v) is 10.3. The Kier molecular flexibility index (Phi) is 3.01. The number of fused-ring (bicyclic) bond motifs is 1. The van der Waals surface area contributed by atoms with Crippen molar-refractivity contribution in [1.29, 1.82) is 5.39 Å². The van der Waals surface area contributed by atoms with E-state index in [0.29, 0.717) is 6.07 Å². The van der Waals surface area contributed by atoms with Crippen LogP contribution in [0.3, 0.4) is 0 Å². The maximum atomic E-state index is 11.6. The zero-order valence-electron chi connectivity index (χ0n) is 9.51. The minimum atomic E-state index is -5.02. The van der Waals surface area contributed by atoms with Crippen LogP contribution < -0.4 is 5.11 Å². The Morgan fingerprint density at radius 2 is 1.85 bits per heavy atom. The number of nitrogens with zero attached hydrogens (tertiary/aromatic N) is 3. The summed E-state index contributed by atoms with van der Waals surface area (Å²) in [5, 5.41) is 30.5. The lowest BCUT2D eigenvalue weighted by Crippen LogP contribution is -2.02. The highest BCUT2D eigenvalue weighted by atomic mass is 32.2. The van der Waals surface area contributed by atoms with Crippen LogP contribution >= 0.6 is 0 Å². The smallest absolute Gasteiger partial charge is 0.385 e. The standard InChI is InChI=1S/C10H5N3O6S/c11-12-10-6-2-1-5(13(15)16)3-7(6)9(4-8(10)14)20(17,18)19/h1-4H,(H-,14,17,18,19)/p-1. The minimum Gasteiger partial charge on any atom is -0.867 e. The van der Waals surface area contributed by atoms with Gasteiger partial charge in [-0.05, 0) is 17.9 Å². The number of diazo groups is 1. The first-order chi connectivity index (χ1) is 9.25. The molecule has 2 rings (SSSR count). The normalized spacial score (nSPS) is 11.2. The average Bonchev–Trinajstić information content (AvgIpc) is 2.36. The summed E-state index contributed by atoms with van der Waals surface area (Å²) in [7, 11) is -5.02. The van der Waals surface area contributed by atoms with Crippen molar-refractivity contribution in [2.75, 3.05) is 0 Å². The Bertz CT molecular complexity index is 884. The molecular weight excluding hydrogens is 290 g/mol. The Hall–Kier alpha value is -2.77. The van der Waals surface area contributed by atoms with Crippen molar-refractivity contribution < 1.29 is 23.0 Å². The molecule has 0 aliphatic rings. The summed E-state index contributed by atoms with van der Waals surface area (Å²) in [6.45, 7) is 0. The average molecular weight is 294 g/mol. The summed E-state index contributed by atoms with van der Waals surface area (Å²) in [5.74, 6) is -0.983. The molecule has 0 saturated carbocycles. The minimum absolute atomic E-state index is 0.167. The highest BCUT2D eigenvalue weighted by Gasteiger charge is 2.21. The lowest BCUT2D eigenvalue weighted by atomic mass is 10.1. The molecule has 10 heteroatoms. The van der Waals surface area contributed by atoms with Crippen LogP contribution in [-0.2, 0) is 10.1 Å². The number of nitro benzene ring substituents is 1. The summed E-state index contributed by atoms with van der Waals surface area (Å²) in [6, 6.07) is 3.34. The number of hydrogen-bond donors (Lipinski definition) is 0. The number of nitro groups is 1. The quantitative estimate of drug-likeness (QED) is 0.349. The van der Waals surface area contributed by atoms with Gasteiger partial charge in [0, 0.05) is 17.5 Å². The van der Waals surface area contributed by atoms with Crippen molar-refractivity contribution in [2.45, 2.75) is 4.90 Å². The van der Waals surface area contributed by atoms with E-state index < -0.39 is 37.1 Å². The molecule has 0 bridgehead atoms. The van der Waals surface area contributed by atoms with E-state index >= 15 is 0 Å². The van der Waals surface area contributed by atoms with Crippen LogP contribution in [0.2, 0.25) is 0 Å². The van der Waals surface area contributed by atoms with Gasteiger partial charge in [0.1, 0.15) is 10.1 Å². The summed E-state index contributed by atoms with van der Waals surface area (Å²) < 4.78 is 33.4. The van der Waals surface area contributed by atoms with Gasteiger partial charge >= 0.3 is 5.69 Å². The molecule has 2 aromatic rings. The highest BCUT2D eigenvalue weighted by molar-refractivity contribution is 7.86. The molecule has 2 aromatic carbocycles. The van der Waals surface area contributed by atoms with Crippen molar-refractivity contribution in [2.24, 2.45) is 0 Å². The third-order valence-electron chi connectivity index (χ3n) is 2.60.